The number of nitrogens with two attached hydrogens (primary N) is 1. The van der Waals surface area contributed by atoms with Gasteiger partial charge in [0, 0.05) is 13.1 Å². The van der Waals surface area contributed by atoms with Gasteiger partial charge >= 0.3 is 0 Å². The molecule has 1 rings (SSSR count). The lowest BCUT2D eigenvalue weighted by atomic mass is 10.1. The Morgan fingerprint density at radius 1 is 1.25 bits per heavy atom. The minimum Gasteiger partial charge on any atom is -0.335 e. The molecule has 0 heterocycles. The molecule has 0 saturated heterocycles. The van der Waals surface area contributed by atoms with Gasteiger partial charge in [0.05, 0.1) is 10.9 Å². The molecule has 1 amide bonds. The van der Waals surface area contributed by atoms with Crippen molar-refractivity contribution in [3.8, 4) is 0 Å². The van der Waals surface area contributed by atoms with Crippen molar-refractivity contribution >= 4 is 15.9 Å². The number of hydrogen-bond acceptors (Lipinski definition) is 3. The van der Waals surface area contributed by atoms with E-state index in [1.165, 1.54) is 12.1 Å². The van der Waals surface area contributed by atoms with Crippen molar-refractivity contribution in [3.05, 3.63) is 41.5 Å². The molecule has 0 spiro atoms. The van der Waals surface area contributed by atoms with E-state index in [1.807, 2.05) is 20.8 Å². The Balaban J connectivity index is 2.96. The Labute approximate surface area is 120 Å². The van der Waals surface area contributed by atoms with Crippen molar-refractivity contribution in [2.75, 3.05) is 7.05 Å². The standard InChI is InChI=1S/C14H20N2O3S/c1-10(2)9-14(17)16(4)11(3)12-5-7-13(8-6-12)20(15,18)19/h5-9,11H,1-4H3,(H2,15,18,19). The number of sulfonamides is 1. The SMILES string of the molecule is CC(C)=CC(=O)N(C)C(C)c1ccc(S(N)(=O)=O)cc1. The van der Waals surface area contributed by atoms with Gasteiger partial charge in [-0.3, -0.25) is 4.79 Å². The first kappa shape index (κ1) is 16.4. The van der Waals surface area contributed by atoms with Crippen molar-refractivity contribution in [1.29, 1.82) is 0 Å². The third-order valence-electron chi connectivity index (χ3n) is 3.03. The highest BCUT2D eigenvalue weighted by Gasteiger charge is 2.16. The van der Waals surface area contributed by atoms with E-state index in [0.717, 1.165) is 11.1 Å². The largest absolute Gasteiger partial charge is 0.335 e. The number of benzene rings is 1. The summed E-state index contributed by atoms with van der Waals surface area (Å²) in [5, 5.41) is 5.05. The van der Waals surface area contributed by atoms with E-state index < -0.39 is 10.0 Å². The maximum atomic E-state index is 11.9. The number of allylic oxidation sites excluding steroid dienone is 1. The van der Waals surface area contributed by atoms with E-state index in [1.54, 1.807) is 30.2 Å². The zero-order valence-corrected chi connectivity index (χ0v) is 12.9. The molecule has 1 atom stereocenters. The van der Waals surface area contributed by atoms with E-state index in [4.69, 9.17) is 5.14 Å². The van der Waals surface area contributed by atoms with Crippen LogP contribution in [0.25, 0.3) is 0 Å². The van der Waals surface area contributed by atoms with Crippen LogP contribution in [0.5, 0.6) is 0 Å². The molecule has 0 aliphatic rings. The molecule has 110 valence electrons. The van der Waals surface area contributed by atoms with E-state index in [-0.39, 0.29) is 16.8 Å². The molecule has 0 fully saturated rings. The first-order valence-electron chi connectivity index (χ1n) is 6.17. The van der Waals surface area contributed by atoms with Gasteiger partial charge in [0.15, 0.2) is 0 Å². The van der Waals surface area contributed by atoms with Crippen LogP contribution < -0.4 is 5.14 Å². The van der Waals surface area contributed by atoms with E-state index in [0.29, 0.717) is 0 Å². The van der Waals surface area contributed by atoms with Crippen molar-refractivity contribution in [2.45, 2.75) is 31.7 Å². The molecule has 0 aromatic heterocycles. The molecule has 0 bridgehead atoms. The summed E-state index contributed by atoms with van der Waals surface area (Å²) < 4.78 is 22.4. The quantitative estimate of drug-likeness (QED) is 0.861. The van der Waals surface area contributed by atoms with E-state index in [2.05, 4.69) is 0 Å². The summed E-state index contributed by atoms with van der Waals surface area (Å²) >= 11 is 0. The van der Waals surface area contributed by atoms with E-state index in [9.17, 15) is 13.2 Å². The Morgan fingerprint density at radius 2 is 1.75 bits per heavy atom. The summed E-state index contributed by atoms with van der Waals surface area (Å²) in [6.07, 6.45) is 1.56. The van der Waals surface area contributed by atoms with Crippen LogP contribution >= 0.6 is 0 Å². The fraction of sp³-hybridized carbons (Fsp3) is 0.357. The maximum Gasteiger partial charge on any atom is 0.246 e. The van der Waals surface area contributed by atoms with Crippen molar-refractivity contribution in [2.24, 2.45) is 5.14 Å². The summed E-state index contributed by atoms with van der Waals surface area (Å²) in [5.74, 6) is -0.0898. The Kier molecular flexibility index (Phi) is 5.08. The number of likely N-dealkylation sites (N-methyl/N-ethyl adjacent to an activating group) is 1. The second-order valence-electron chi connectivity index (χ2n) is 4.96. The molecule has 0 aliphatic heterocycles. The molecule has 5 nitrogen and oxygen atoms in total. The number of primary sulfonamides is 1. The van der Waals surface area contributed by atoms with Crippen LogP contribution in [0.3, 0.4) is 0 Å². The summed E-state index contributed by atoms with van der Waals surface area (Å²) in [5.41, 5.74) is 1.77. The summed E-state index contributed by atoms with van der Waals surface area (Å²) in [6, 6.07) is 6.06. The number of rotatable bonds is 4. The fourth-order valence-corrected chi connectivity index (χ4v) is 2.21. The first-order chi connectivity index (χ1) is 9.12. The van der Waals surface area contributed by atoms with Gasteiger partial charge in [0.2, 0.25) is 15.9 Å². The van der Waals surface area contributed by atoms with Gasteiger partial charge in [-0.25, -0.2) is 13.6 Å². The molecular formula is C14H20N2O3S. The zero-order chi connectivity index (χ0) is 15.5. The fourth-order valence-electron chi connectivity index (χ4n) is 1.70. The molecule has 0 radical (unpaired) electrons. The van der Waals surface area contributed by atoms with Crippen LogP contribution in [0.2, 0.25) is 0 Å². The van der Waals surface area contributed by atoms with Gasteiger partial charge in [-0.1, -0.05) is 17.7 Å². The van der Waals surface area contributed by atoms with Crippen LogP contribution in [-0.4, -0.2) is 26.3 Å². The van der Waals surface area contributed by atoms with Gasteiger partial charge in [-0.05, 0) is 38.5 Å². The number of amides is 1. The zero-order valence-electron chi connectivity index (χ0n) is 12.1. The molecule has 1 aromatic carbocycles. The van der Waals surface area contributed by atoms with Gasteiger partial charge in [0.25, 0.3) is 0 Å². The molecule has 0 aliphatic carbocycles. The van der Waals surface area contributed by atoms with Gasteiger partial charge in [-0.15, -0.1) is 0 Å². The molecule has 6 heteroatoms. The van der Waals surface area contributed by atoms with Crippen molar-refractivity contribution in [1.82, 2.24) is 4.90 Å². The summed E-state index contributed by atoms with van der Waals surface area (Å²) in [6.45, 7) is 5.59. The monoisotopic (exact) mass is 296 g/mol. The van der Waals surface area contributed by atoms with Gasteiger partial charge in [-0.2, -0.15) is 0 Å². The minimum atomic E-state index is -3.69. The van der Waals surface area contributed by atoms with Crippen LogP contribution in [-0.2, 0) is 14.8 Å². The lowest BCUT2D eigenvalue weighted by Gasteiger charge is -2.24. The highest BCUT2D eigenvalue weighted by atomic mass is 32.2. The predicted octanol–water partition coefficient (Wildman–Crippen LogP) is 1.82. The van der Waals surface area contributed by atoms with E-state index >= 15 is 0 Å². The van der Waals surface area contributed by atoms with Gasteiger partial charge in [0.1, 0.15) is 0 Å². The van der Waals surface area contributed by atoms with Crippen molar-refractivity contribution < 1.29 is 13.2 Å². The number of hydrogen-bond donors (Lipinski definition) is 1. The summed E-state index contributed by atoms with van der Waals surface area (Å²) in [7, 11) is -1.98. The highest BCUT2D eigenvalue weighted by Crippen LogP contribution is 2.20. The van der Waals surface area contributed by atoms with Crippen LogP contribution in [0.4, 0.5) is 0 Å². The average Bonchev–Trinajstić information content (AvgIpc) is 2.35. The molecule has 20 heavy (non-hydrogen) atoms. The number of carbonyl (C=O) groups excluding carboxylic acids is 1. The topological polar surface area (TPSA) is 80.5 Å². The Bertz CT molecular complexity index is 614. The third-order valence-corrected chi connectivity index (χ3v) is 3.96. The second kappa shape index (κ2) is 6.19. The molecular weight excluding hydrogens is 276 g/mol. The highest BCUT2D eigenvalue weighted by molar-refractivity contribution is 7.89. The minimum absolute atomic E-state index is 0.0618. The number of carbonyl (C=O) groups is 1. The molecule has 1 aromatic rings. The Hall–Kier alpha value is -1.66. The second-order valence-corrected chi connectivity index (χ2v) is 6.52. The summed E-state index contributed by atoms with van der Waals surface area (Å²) in [4.78, 5) is 13.6. The first-order valence-corrected chi connectivity index (χ1v) is 7.72. The molecule has 2 N–H and O–H groups in total. The number of nitrogens with zero attached hydrogens (tertiary/aromatic N) is 1. The predicted molar refractivity (Wildman–Crippen MR) is 78.4 cm³/mol. The average molecular weight is 296 g/mol. The molecule has 0 saturated carbocycles. The maximum absolute atomic E-state index is 11.9. The lowest BCUT2D eigenvalue weighted by molar-refractivity contribution is -0.126. The molecule has 1 unspecified atom stereocenters. The smallest absolute Gasteiger partial charge is 0.246 e. The third kappa shape index (κ3) is 4.18. The van der Waals surface area contributed by atoms with Gasteiger partial charge < -0.3 is 4.90 Å². The van der Waals surface area contributed by atoms with Crippen molar-refractivity contribution in [3.63, 3.8) is 0 Å². The van der Waals surface area contributed by atoms with Crippen LogP contribution in [0, 0.1) is 0 Å². The van der Waals surface area contributed by atoms with Crippen LogP contribution in [0.1, 0.15) is 32.4 Å². The Morgan fingerprint density at radius 3 is 2.15 bits per heavy atom. The normalized spacial score (nSPS) is 12.7. The lowest BCUT2D eigenvalue weighted by Crippen LogP contribution is -2.28. The van der Waals surface area contributed by atoms with Crippen LogP contribution in [0.15, 0.2) is 40.8 Å².